The van der Waals surface area contributed by atoms with E-state index in [0.717, 1.165) is 0 Å². The Kier molecular flexibility index (Phi) is 4.20. The predicted molar refractivity (Wildman–Crippen MR) is 75.8 cm³/mol. The molecule has 0 spiro atoms. The number of nitrogens with one attached hydrogen (secondary N) is 2. The topological polar surface area (TPSA) is 71.2 Å². The molecule has 0 radical (unpaired) electrons. The molecule has 0 fully saturated rings. The lowest BCUT2D eigenvalue weighted by atomic mass is 10.2. The molecule has 104 valence electrons. The van der Waals surface area contributed by atoms with E-state index in [9.17, 15) is 9.59 Å². The Labute approximate surface area is 116 Å². The first-order valence-electron chi connectivity index (χ1n) is 6.26. The molecular weight excluding hydrogens is 256 g/mol. The van der Waals surface area contributed by atoms with E-state index in [2.05, 4.69) is 10.3 Å². The summed E-state index contributed by atoms with van der Waals surface area (Å²) in [6, 6.07) is 10.6. The van der Waals surface area contributed by atoms with Gasteiger partial charge in [-0.1, -0.05) is 18.2 Å². The molecule has 2 N–H and O–H groups in total. The lowest BCUT2D eigenvalue weighted by Gasteiger charge is -2.11. The van der Waals surface area contributed by atoms with Crippen LogP contribution in [-0.4, -0.2) is 10.9 Å². The highest BCUT2D eigenvalue weighted by Crippen LogP contribution is 2.21. The van der Waals surface area contributed by atoms with Crippen molar-refractivity contribution in [3.8, 4) is 11.6 Å². The van der Waals surface area contributed by atoms with Crippen molar-refractivity contribution >= 4 is 5.91 Å². The largest absolute Gasteiger partial charge is 0.441 e. The van der Waals surface area contributed by atoms with Crippen LogP contribution in [-0.2, 0) is 11.3 Å². The van der Waals surface area contributed by atoms with E-state index in [1.54, 1.807) is 19.1 Å². The van der Waals surface area contributed by atoms with Crippen LogP contribution in [0.1, 0.15) is 18.2 Å². The van der Waals surface area contributed by atoms with Gasteiger partial charge in [0.25, 0.3) is 0 Å². The summed E-state index contributed by atoms with van der Waals surface area (Å²) in [6.45, 7) is 3.31. The molecule has 0 aliphatic carbocycles. The predicted octanol–water partition coefficient (Wildman–Crippen LogP) is 2.11. The van der Waals surface area contributed by atoms with Gasteiger partial charge in [0.1, 0.15) is 5.75 Å². The number of aromatic nitrogens is 1. The summed E-state index contributed by atoms with van der Waals surface area (Å²) >= 11 is 0. The second-order valence-electron chi connectivity index (χ2n) is 4.45. The maximum absolute atomic E-state index is 12.0. The lowest BCUT2D eigenvalue weighted by molar-refractivity contribution is -0.119. The zero-order chi connectivity index (χ0) is 14.5. The Morgan fingerprint density at radius 1 is 1.30 bits per heavy atom. The summed E-state index contributed by atoms with van der Waals surface area (Å²) in [5.41, 5.74) is 0.933. The number of carbonyl (C=O) groups is 1. The summed E-state index contributed by atoms with van der Waals surface area (Å²) in [4.78, 5) is 26.0. The third-order valence-electron chi connectivity index (χ3n) is 2.71. The van der Waals surface area contributed by atoms with Crippen molar-refractivity contribution in [2.24, 2.45) is 0 Å². The molecule has 2 aromatic rings. The fourth-order valence-electron chi connectivity index (χ4n) is 1.76. The SMILES string of the molecule is CC(=O)NCc1c(Oc2ccccc2)[nH]c(C)cc1=O. The molecule has 1 aromatic carbocycles. The van der Waals surface area contributed by atoms with E-state index < -0.39 is 0 Å². The minimum absolute atomic E-state index is 0.132. The molecule has 0 saturated carbocycles. The first-order chi connectivity index (χ1) is 9.56. The number of benzene rings is 1. The van der Waals surface area contributed by atoms with E-state index in [1.165, 1.54) is 13.0 Å². The number of pyridine rings is 1. The van der Waals surface area contributed by atoms with E-state index in [0.29, 0.717) is 22.9 Å². The van der Waals surface area contributed by atoms with Crippen molar-refractivity contribution in [1.29, 1.82) is 0 Å². The van der Waals surface area contributed by atoms with Gasteiger partial charge in [0.05, 0.1) is 12.1 Å². The van der Waals surface area contributed by atoms with Crippen molar-refractivity contribution in [3.63, 3.8) is 0 Å². The van der Waals surface area contributed by atoms with Gasteiger partial charge in [-0.3, -0.25) is 9.59 Å². The molecule has 5 heteroatoms. The quantitative estimate of drug-likeness (QED) is 0.895. The highest BCUT2D eigenvalue weighted by Gasteiger charge is 2.11. The van der Waals surface area contributed by atoms with Crippen molar-refractivity contribution < 1.29 is 9.53 Å². The van der Waals surface area contributed by atoms with Crippen LogP contribution in [0, 0.1) is 6.92 Å². The zero-order valence-electron chi connectivity index (χ0n) is 11.4. The maximum atomic E-state index is 12.0. The van der Waals surface area contributed by atoms with Gasteiger partial charge in [0.2, 0.25) is 11.8 Å². The van der Waals surface area contributed by atoms with Crippen LogP contribution in [0.2, 0.25) is 0 Å². The number of carbonyl (C=O) groups excluding carboxylic acids is 1. The molecule has 1 aromatic heterocycles. The molecule has 1 heterocycles. The number of hydrogen-bond donors (Lipinski definition) is 2. The minimum atomic E-state index is -0.198. The fraction of sp³-hybridized carbons (Fsp3) is 0.200. The van der Waals surface area contributed by atoms with Gasteiger partial charge in [-0.25, -0.2) is 0 Å². The van der Waals surface area contributed by atoms with Gasteiger partial charge >= 0.3 is 0 Å². The smallest absolute Gasteiger partial charge is 0.217 e. The Morgan fingerprint density at radius 3 is 2.65 bits per heavy atom. The average molecular weight is 272 g/mol. The van der Waals surface area contributed by atoms with Gasteiger partial charge in [-0.15, -0.1) is 0 Å². The monoisotopic (exact) mass is 272 g/mol. The summed E-state index contributed by atoms with van der Waals surface area (Å²) < 4.78 is 5.70. The van der Waals surface area contributed by atoms with Crippen LogP contribution in [0.15, 0.2) is 41.2 Å². The molecule has 2 rings (SSSR count). The number of amides is 1. The second kappa shape index (κ2) is 6.06. The highest BCUT2D eigenvalue weighted by atomic mass is 16.5. The van der Waals surface area contributed by atoms with Gasteiger partial charge in [0, 0.05) is 18.7 Å². The summed E-state index contributed by atoms with van der Waals surface area (Å²) in [7, 11) is 0. The van der Waals surface area contributed by atoms with Gasteiger partial charge in [-0.05, 0) is 19.1 Å². The number of ether oxygens (including phenoxy) is 1. The molecule has 0 atom stereocenters. The van der Waals surface area contributed by atoms with Gasteiger partial charge < -0.3 is 15.0 Å². The molecule has 0 bridgehead atoms. The fourth-order valence-corrected chi connectivity index (χ4v) is 1.76. The summed E-state index contributed by atoms with van der Waals surface area (Å²) in [5, 5.41) is 2.61. The Balaban J connectivity index is 2.34. The molecule has 0 unspecified atom stereocenters. The molecule has 0 saturated heterocycles. The second-order valence-corrected chi connectivity index (χ2v) is 4.45. The van der Waals surface area contributed by atoms with E-state index >= 15 is 0 Å². The van der Waals surface area contributed by atoms with Crippen LogP contribution in [0.5, 0.6) is 11.6 Å². The third-order valence-corrected chi connectivity index (χ3v) is 2.71. The highest BCUT2D eigenvalue weighted by molar-refractivity contribution is 5.72. The lowest BCUT2D eigenvalue weighted by Crippen LogP contribution is -2.24. The van der Waals surface area contributed by atoms with E-state index in [-0.39, 0.29) is 17.9 Å². The molecular formula is C15H16N2O3. The van der Waals surface area contributed by atoms with Crippen molar-refractivity contribution in [2.45, 2.75) is 20.4 Å². The number of H-pyrrole nitrogens is 1. The van der Waals surface area contributed by atoms with Crippen molar-refractivity contribution in [3.05, 3.63) is 57.9 Å². The van der Waals surface area contributed by atoms with E-state index in [1.807, 2.05) is 18.2 Å². The average Bonchev–Trinajstić information content (AvgIpc) is 2.38. The van der Waals surface area contributed by atoms with Crippen LogP contribution in [0.4, 0.5) is 0 Å². The number of hydrogen-bond acceptors (Lipinski definition) is 3. The maximum Gasteiger partial charge on any atom is 0.217 e. The Hall–Kier alpha value is -2.56. The molecule has 5 nitrogen and oxygen atoms in total. The zero-order valence-corrected chi connectivity index (χ0v) is 11.4. The minimum Gasteiger partial charge on any atom is -0.441 e. The van der Waals surface area contributed by atoms with Gasteiger partial charge in [0.15, 0.2) is 5.43 Å². The molecule has 20 heavy (non-hydrogen) atoms. The van der Waals surface area contributed by atoms with Crippen LogP contribution < -0.4 is 15.5 Å². The number of rotatable bonds is 4. The Morgan fingerprint density at radius 2 is 2.00 bits per heavy atom. The van der Waals surface area contributed by atoms with Gasteiger partial charge in [-0.2, -0.15) is 0 Å². The van der Waals surface area contributed by atoms with Crippen LogP contribution in [0.25, 0.3) is 0 Å². The van der Waals surface area contributed by atoms with E-state index in [4.69, 9.17) is 4.74 Å². The van der Waals surface area contributed by atoms with Crippen LogP contribution >= 0.6 is 0 Å². The summed E-state index contributed by atoms with van der Waals surface area (Å²) in [5.74, 6) is 0.781. The van der Waals surface area contributed by atoms with Crippen molar-refractivity contribution in [1.82, 2.24) is 10.3 Å². The number of aryl methyl sites for hydroxylation is 1. The first kappa shape index (κ1) is 13.9. The summed E-state index contributed by atoms with van der Waals surface area (Å²) in [6.07, 6.45) is 0. The standard InChI is InChI=1S/C15H16N2O3/c1-10-8-14(19)13(9-16-11(2)18)15(17-10)20-12-6-4-3-5-7-12/h3-8H,9H2,1-2H3,(H,16,18)(H,17,19). The first-order valence-corrected chi connectivity index (χ1v) is 6.26. The third kappa shape index (κ3) is 3.47. The molecule has 0 aliphatic heterocycles. The molecule has 0 aliphatic rings. The number of para-hydroxylation sites is 1. The normalized spacial score (nSPS) is 10.1. The van der Waals surface area contributed by atoms with Crippen LogP contribution in [0.3, 0.4) is 0 Å². The van der Waals surface area contributed by atoms with Crippen molar-refractivity contribution in [2.75, 3.05) is 0 Å². The number of aromatic amines is 1. The molecule has 1 amide bonds. The Bertz CT molecular complexity index is 663.